The van der Waals surface area contributed by atoms with E-state index in [-0.39, 0.29) is 0 Å². The molecule has 0 aliphatic carbocycles. The SMILES string of the molecule is CCCCCCCNc1cnn(C(C)C)c1. The molecule has 0 spiro atoms. The average Bonchev–Trinajstić information content (AvgIpc) is 2.72. The van der Waals surface area contributed by atoms with Crippen molar-refractivity contribution in [2.75, 3.05) is 11.9 Å². The number of hydrogen-bond acceptors (Lipinski definition) is 2. The molecule has 0 amide bonds. The van der Waals surface area contributed by atoms with Crippen molar-refractivity contribution in [3.05, 3.63) is 12.4 Å². The van der Waals surface area contributed by atoms with Gasteiger partial charge in [-0.3, -0.25) is 4.68 Å². The second-order valence-electron chi connectivity index (χ2n) is 4.64. The van der Waals surface area contributed by atoms with Gasteiger partial charge in [0.25, 0.3) is 0 Å². The fourth-order valence-electron chi connectivity index (χ4n) is 1.67. The van der Waals surface area contributed by atoms with E-state index in [4.69, 9.17) is 0 Å². The van der Waals surface area contributed by atoms with Gasteiger partial charge in [0.2, 0.25) is 0 Å². The first-order chi connectivity index (χ1) is 7.74. The first-order valence-electron chi connectivity index (χ1n) is 6.52. The maximum Gasteiger partial charge on any atom is 0.0726 e. The largest absolute Gasteiger partial charge is 0.383 e. The van der Waals surface area contributed by atoms with Crippen LogP contribution in [0.25, 0.3) is 0 Å². The van der Waals surface area contributed by atoms with Crippen molar-refractivity contribution in [2.24, 2.45) is 0 Å². The van der Waals surface area contributed by atoms with Crippen LogP contribution in [0.3, 0.4) is 0 Å². The topological polar surface area (TPSA) is 29.9 Å². The molecule has 92 valence electrons. The minimum Gasteiger partial charge on any atom is -0.383 e. The number of unbranched alkanes of at least 4 members (excludes halogenated alkanes) is 4. The average molecular weight is 223 g/mol. The Morgan fingerprint density at radius 2 is 2.00 bits per heavy atom. The normalized spacial score (nSPS) is 11.0. The zero-order valence-electron chi connectivity index (χ0n) is 10.9. The van der Waals surface area contributed by atoms with Crippen molar-refractivity contribution >= 4 is 5.69 Å². The molecule has 0 atom stereocenters. The third kappa shape index (κ3) is 4.69. The number of nitrogens with zero attached hydrogens (tertiary/aromatic N) is 2. The maximum atomic E-state index is 4.30. The van der Waals surface area contributed by atoms with Gasteiger partial charge in [-0.15, -0.1) is 0 Å². The number of hydrogen-bond donors (Lipinski definition) is 1. The highest BCUT2D eigenvalue weighted by molar-refractivity contribution is 5.37. The molecule has 0 radical (unpaired) electrons. The molecule has 0 bridgehead atoms. The number of anilines is 1. The number of nitrogens with one attached hydrogen (secondary N) is 1. The van der Waals surface area contributed by atoms with Crippen LogP contribution in [-0.2, 0) is 0 Å². The fraction of sp³-hybridized carbons (Fsp3) is 0.769. The van der Waals surface area contributed by atoms with E-state index in [0.29, 0.717) is 6.04 Å². The zero-order chi connectivity index (χ0) is 11.8. The fourth-order valence-corrected chi connectivity index (χ4v) is 1.67. The molecule has 1 N–H and O–H groups in total. The maximum absolute atomic E-state index is 4.30. The molecule has 1 aromatic heterocycles. The molecule has 1 rings (SSSR count). The van der Waals surface area contributed by atoms with E-state index in [1.807, 2.05) is 10.9 Å². The van der Waals surface area contributed by atoms with Crippen LogP contribution in [0.4, 0.5) is 5.69 Å². The van der Waals surface area contributed by atoms with E-state index < -0.39 is 0 Å². The van der Waals surface area contributed by atoms with Gasteiger partial charge in [0.05, 0.1) is 11.9 Å². The van der Waals surface area contributed by atoms with Gasteiger partial charge in [0.15, 0.2) is 0 Å². The third-order valence-electron chi connectivity index (χ3n) is 2.74. The van der Waals surface area contributed by atoms with Gasteiger partial charge in [-0.2, -0.15) is 5.10 Å². The summed E-state index contributed by atoms with van der Waals surface area (Å²) >= 11 is 0. The summed E-state index contributed by atoms with van der Waals surface area (Å²) in [6.45, 7) is 7.59. The molecule has 0 saturated carbocycles. The third-order valence-corrected chi connectivity index (χ3v) is 2.74. The quantitative estimate of drug-likeness (QED) is 0.678. The first-order valence-corrected chi connectivity index (χ1v) is 6.52. The Kier molecular flexibility index (Phi) is 5.98. The van der Waals surface area contributed by atoms with Crippen molar-refractivity contribution in [2.45, 2.75) is 58.9 Å². The lowest BCUT2D eigenvalue weighted by Crippen LogP contribution is -2.02. The van der Waals surface area contributed by atoms with Gasteiger partial charge in [-0.25, -0.2) is 0 Å². The molecule has 0 unspecified atom stereocenters. The molecular weight excluding hydrogens is 198 g/mol. The molecule has 16 heavy (non-hydrogen) atoms. The Hall–Kier alpha value is -0.990. The van der Waals surface area contributed by atoms with Gasteiger partial charge < -0.3 is 5.32 Å². The van der Waals surface area contributed by atoms with Crippen LogP contribution in [0.15, 0.2) is 12.4 Å². The van der Waals surface area contributed by atoms with E-state index in [9.17, 15) is 0 Å². The van der Waals surface area contributed by atoms with E-state index in [1.165, 1.54) is 32.1 Å². The minimum absolute atomic E-state index is 0.445. The van der Waals surface area contributed by atoms with E-state index in [0.717, 1.165) is 12.2 Å². The molecular formula is C13H25N3. The summed E-state index contributed by atoms with van der Waals surface area (Å²) < 4.78 is 1.99. The minimum atomic E-state index is 0.445. The zero-order valence-corrected chi connectivity index (χ0v) is 10.9. The van der Waals surface area contributed by atoms with Crippen molar-refractivity contribution in [1.82, 2.24) is 9.78 Å². The molecule has 0 aliphatic heterocycles. The summed E-state index contributed by atoms with van der Waals surface area (Å²) in [7, 11) is 0. The monoisotopic (exact) mass is 223 g/mol. The summed E-state index contributed by atoms with van der Waals surface area (Å²) in [6.07, 6.45) is 10.6. The van der Waals surface area contributed by atoms with Gasteiger partial charge in [-0.1, -0.05) is 32.6 Å². The highest BCUT2D eigenvalue weighted by Gasteiger charge is 2.00. The molecule has 0 aromatic carbocycles. The second kappa shape index (κ2) is 7.31. The molecule has 3 nitrogen and oxygen atoms in total. The van der Waals surface area contributed by atoms with Crippen LogP contribution in [0.1, 0.15) is 58.9 Å². The Bertz CT molecular complexity index is 278. The van der Waals surface area contributed by atoms with Gasteiger partial charge in [-0.05, 0) is 20.3 Å². The molecule has 1 heterocycles. The van der Waals surface area contributed by atoms with E-state index >= 15 is 0 Å². The van der Waals surface area contributed by atoms with Crippen LogP contribution in [0.5, 0.6) is 0 Å². The van der Waals surface area contributed by atoms with Crippen LogP contribution in [0, 0.1) is 0 Å². The Morgan fingerprint density at radius 3 is 2.62 bits per heavy atom. The molecule has 0 saturated heterocycles. The van der Waals surface area contributed by atoms with E-state index in [1.54, 1.807) is 0 Å². The van der Waals surface area contributed by atoms with E-state index in [2.05, 4.69) is 37.4 Å². The molecule has 0 fully saturated rings. The number of aromatic nitrogens is 2. The number of rotatable bonds is 8. The summed E-state index contributed by atoms with van der Waals surface area (Å²) in [5.74, 6) is 0. The molecule has 3 heteroatoms. The van der Waals surface area contributed by atoms with Crippen molar-refractivity contribution < 1.29 is 0 Å². The van der Waals surface area contributed by atoms with Crippen molar-refractivity contribution in [3.8, 4) is 0 Å². The smallest absolute Gasteiger partial charge is 0.0726 e. The standard InChI is InChI=1S/C13H25N3/c1-4-5-6-7-8-9-14-13-10-15-16(11-13)12(2)3/h10-12,14H,4-9H2,1-3H3. The van der Waals surface area contributed by atoms with Gasteiger partial charge in [0, 0.05) is 18.8 Å². The summed E-state index contributed by atoms with van der Waals surface area (Å²) in [5.41, 5.74) is 1.14. The van der Waals surface area contributed by atoms with Crippen molar-refractivity contribution in [1.29, 1.82) is 0 Å². The lowest BCUT2D eigenvalue weighted by Gasteiger charge is -2.04. The molecule has 0 aliphatic rings. The van der Waals surface area contributed by atoms with Crippen molar-refractivity contribution in [3.63, 3.8) is 0 Å². The van der Waals surface area contributed by atoms with Gasteiger partial charge in [0.1, 0.15) is 0 Å². The predicted octanol–water partition coefficient (Wildman–Crippen LogP) is 3.85. The lowest BCUT2D eigenvalue weighted by molar-refractivity contribution is 0.532. The van der Waals surface area contributed by atoms with Crippen LogP contribution < -0.4 is 5.32 Å². The van der Waals surface area contributed by atoms with Crippen LogP contribution >= 0.6 is 0 Å². The second-order valence-corrected chi connectivity index (χ2v) is 4.64. The summed E-state index contributed by atoms with van der Waals surface area (Å²) in [5, 5.41) is 7.71. The predicted molar refractivity (Wildman–Crippen MR) is 69.9 cm³/mol. The highest BCUT2D eigenvalue weighted by atomic mass is 15.3. The Balaban J connectivity index is 2.12. The van der Waals surface area contributed by atoms with Crippen LogP contribution in [-0.4, -0.2) is 16.3 Å². The first kappa shape index (κ1) is 13.1. The lowest BCUT2D eigenvalue weighted by atomic mass is 10.1. The molecule has 1 aromatic rings. The Morgan fingerprint density at radius 1 is 1.25 bits per heavy atom. The van der Waals surface area contributed by atoms with Crippen LogP contribution in [0.2, 0.25) is 0 Å². The Labute approximate surface area is 99.2 Å². The summed E-state index contributed by atoms with van der Waals surface area (Å²) in [4.78, 5) is 0. The van der Waals surface area contributed by atoms with Gasteiger partial charge >= 0.3 is 0 Å². The summed E-state index contributed by atoms with van der Waals surface area (Å²) in [6, 6.07) is 0.445. The highest BCUT2D eigenvalue weighted by Crippen LogP contribution is 2.10.